The zero-order chi connectivity index (χ0) is 25.3. The van der Waals surface area contributed by atoms with E-state index in [9.17, 15) is 22.8 Å². The fourth-order valence-electron chi connectivity index (χ4n) is 3.42. The van der Waals surface area contributed by atoms with Crippen LogP contribution in [0.4, 0.5) is 13.2 Å². The van der Waals surface area contributed by atoms with E-state index in [0.29, 0.717) is 5.56 Å². The van der Waals surface area contributed by atoms with Crippen LogP contribution < -0.4 is 21.5 Å². The fraction of sp³-hybridized carbons (Fsp3) is 0.286. The fourth-order valence-corrected chi connectivity index (χ4v) is 3.42. The van der Waals surface area contributed by atoms with E-state index in [4.69, 9.17) is 14.9 Å². The van der Waals surface area contributed by atoms with E-state index in [0.717, 1.165) is 6.07 Å². The van der Waals surface area contributed by atoms with Crippen LogP contribution in [-0.2, 0) is 12.7 Å². The highest BCUT2D eigenvalue weighted by Gasteiger charge is 2.33. The summed E-state index contributed by atoms with van der Waals surface area (Å²) in [5, 5.41) is 8.75. The van der Waals surface area contributed by atoms with Crippen molar-refractivity contribution in [1.29, 1.82) is 0 Å². The number of alkyl halides is 3. The molecule has 0 saturated heterocycles. The molecule has 0 aliphatic heterocycles. The number of ether oxygens (including phenoxy) is 1. The number of H-pyrrole nitrogens is 1. The zero-order valence-corrected chi connectivity index (χ0v) is 18.5. The summed E-state index contributed by atoms with van der Waals surface area (Å²) in [5.41, 5.74) is 4.63. The van der Waals surface area contributed by atoms with Gasteiger partial charge >= 0.3 is 11.9 Å². The van der Waals surface area contributed by atoms with Crippen LogP contribution in [0.5, 0.6) is 5.75 Å². The quantitative estimate of drug-likeness (QED) is 0.356. The molecule has 3 heterocycles. The number of methoxy groups -OCH3 is 1. The summed E-state index contributed by atoms with van der Waals surface area (Å²) < 4.78 is 51.8. The SMILES string of the molecule is COc1ccc(-c2nc(C(=O)NCCn3cn[nH]c3=O)c([C@H](C)N)o2)c2ccc(C(F)(F)F)nc12. The molecule has 0 spiro atoms. The summed E-state index contributed by atoms with van der Waals surface area (Å²) in [4.78, 5) is 32.3. The highest BCUT2D eigenvalue weighted by molar-refractivity contribution is 5.98. The number of oxazole rings is 1. The molecule has 4 aromatic rings. The Labute approximate surface area is 195 Å². The molecule has 1 amide bonds. The van der Waals surface area contributed by atoms with Crippen LogP contribution in [0.25, 0.3) is 22.4 Å². The van der Waals surface area contributed by atoms with Gasteiger partial charge in [0, 0.05) is 24.0 Å². The van der Waals surface area contributed by atoms with Gasteiger partial charge in [-0.3, -0.25) is 9.36 Å². The molecule has 0 saturated carbocycles. The van der Waals surface area contributed by atoms with Crippen molar-refractivity contribution in [2.24, 2.45) is 5.73 Å². The molecule has 0 unspecified atom stereocenters. The lowest BCUT2D eigenvalue weighted by Crippen LogP contribution is -2.31. The van der Waals surface area contributed by atoms with Gasteiger partial charge in [-0.1, -0.05) is 0 Å². The van der Waals surface area contributed by atoms with Crippen LogP contribution in [0.2, 0.25) is 0 Å². The molecule has 0 radical (unpaired) electrons. The van der Waals surface area contributed by atoms with Crippen molar-refractivity contribution in [2.75, 3.05) is 13.7 Å². The predicted molar refractivity (Wildman–Crippen MR) is 117 cm³/mol. The van der Waals surface area contributed by atoms with Crippen molar-refractivity contribution in [3.8, 4) is 17.2 Å². The molecule has 14 heteroatoms. The molecule has 11 nitrogen and oxygen atoms in total. The van der Waals surface area contributed by atoms with Crippen molar-refractivity contribution in [3.05, 3.63) is 58.2 Å². The number of hydrogen-bond acceptors (Lipinski definition) is 8. The number of aromatic amines is 1. The highest BCUT2D eigenvalue weighted by atomic mass is 19.4. The Hall–Kier alpha value is -4.20. The molecule has 0 bridgehead atoms. The van der Waals surface area contributed by atoms with Crippen molar-refractivity contribution in [2.45, 2.75) is 25.7 Å². The monoisotopic (exact) mass is 491 g/mol. The Kier molecular flexibility index (Phi) is 6.30. The minimum atomic E-state index is -4.65. The number of rotatable bonds is 7. The Bertz CT molecular complexity index is 1440. The first-order valence-electron chi connectivity index (χ1n) is 10.3. The molecular formula is C21H20F3N7O4. The summed E-state index contributed by atoms with van der Waals surface area (Å²) >= 11 is 0. The largest absolute Gasteiger partial charge is 0.494 e. The summed E-state index contributed by atoms with van der Waals surface area (Å²) in [6.07, 6.45) is -3.35. The molecular weight excluding hydrogens is 471 g/mol. The first-order chi connectivity index (χ1) is 16.6. The maximum absolute atomic E-state index is 13.2. The average molecular weight is 491 g/mol. The molecule has 3 aromatic heterocycles. The maximum atomic E-state index is 13.2. The lowest BCUT2D eigenvalue weighted by molar-refractivity contribution is -0.140. The second-order valence-electron chi connectivity index (χ2n) is 7.54. The second kappa shape index (κ2) is 9.21. The number of nitrogens with zero attached hydrogens (tertiary/aromatic N) is 4. The van der Waals surface area contributed by atoms with Crippen molar-refractivity contribution >= 4 is 16.8 Å². The van der Waals surface area contributed by atoms with Gasteiger partial charge in [0.2, 0.25) is 5.89 Å². The molecule has 4 N–H and O–H groups in total. The van der Waals surface area contributed by atoms with Gasteiger partial charge in [-0.2, -0.15) is 18.3 Å². The smallest absolute Gasteiger partial charge is 0.433 e. The minimum absolute atomic E-state index is 0.0253. The zero-order valence-electron chi connectivity index (χ0n) is 18.5. The Morgan fingerprint density at radius 1 is 1.29 bits per heavy atom. The molecule has 35 heavy (non-hydrogen) atoms. The molecule has 4 rings (SSSR count). The highest BCUT2D eigenvalue weighted by Crippen LogP contribution is 2.37. The number of nitrogens with one attached hydrogen (secondary N) is 2. The molecule has 1 atom stereocenters. The Morgan fingerprint density at radius 3 is 2.69 bits per heavy atom. The lowest BCUT2D eigenvalue weighted by Gasteiger charge is -2.11. The van der Waals surface area contributed by atoms with Crippen LogP contribution in [0, 0.1) is 0 Å². The van der Waals surface area contributed by atoms with Gasteiger partial charge in [-0.15, -0.1) is 0 Å². The van der Waals surface area contributed by atoms with Gasteiger partial charge < -0.3 is 20.2 Å². The average Bonchev–Trinajstić information content (AvgIpc) is 3.44. The molecule has 0 aliphatic rings. The number of pyridine rings is 1. The van der Waals surface area contributed by atoms with Crippen LogP contribution >= 0.6 is 0 Å². The topological polar surface area (TPSA) is 154 Å². The number of amides is 1. The Morgan fingerprint density at radius 2 is 2.06 bits per heavy atom. The van der Waals surface area contributed by atoms with E-state index in [-0.39, 0.29) is 47.1 Å². The van der Waals surface area contributed by atoms with Gasteiger partial charge in [0.1, 0.15) is 23.3 Å². The third kappa shape index (κ3) is 4.73. The molecule has 1 aromatic carbocycles. The van der Waals surface area contributed by atoms with Crippen LogP contribution in [0.15, 0.2) is 39.8 Å². The minimum Gasteiger partial charge on any atom is -0.494 e. The van der Waals surface area contributed by atoms with Crippen LogP contribution in [0.1, 0.15) is 34.9 Å². The van der Waals surface area contributed by atoms with Crippen molar-refractivity contribution < 1.29 is 27.1 Å². The van der Waals surface area contributed by atoms with Crippen molar-refractivity contribution in [1.82, 2.24) is 30.0 Å². The van der Waals surface area contributed by atoms with Crippen LogP contribution in [-0.4, -0.2) is 44.3 Å². The predicted octanol–water partition coefficient (Wildman–Crippen LogP) is 2.25. The maximum Gasteiger partial charge on any atom is 0.433 e. The summed E-state index contributed by atoms with van der Waals surface area (Å²) in [6.45, 7) is 1.85. The number of fused-ring (bicyclic) bond motifs is 1. The number of benzene rings is 1. The molecule has 0 fully saturated rings. The van der Waals surface area contributed by atoms with Gasteiger partial charge in [-0.25, -0.2) is 19.9 Å². The first-order valence-corrected chi connectivity index (χ1v) is 10.3. The van der Waals surface area contributed by atoms with E-state index in [1.54, 1.807) is 13.0 Å². The number of carbonyl (C=O) groups is 1. The number of aromatic nitrogens is 5. The second-order valence-corrected chi connectivity index (χ2v) is 7.54. The molecule has 184 valence electrons. The van der Waals surface area contributed by atoms with Crippen LogP contribution in [0.3, 0.4) is 0 Å². The summed E-state index contributed by atoms with van der Waals surface area (Å²) in [7, 11) is 1.32. The summed E-state index contributed by atoms with van der Waals surface area (Å²) in [5.74, 6) is -0.412. The standard InChI is InChI=1S/C21H20F3N7O4/c1-10(25)17-16(18(32)26-7-8-31-9-27-30-20(31)33)29-19(35-17)12-3-5-13(34-2)15-11(12)4-6-14(28-15)21(22,23)24/h3-6,9-10H,7-8,25H2,1-2H3,(H,26,32)(H,30,33)/t10-/m0/s1. The van der Waals surface area contributed by atoms with Crippen molar-refractivity contribution in [3.63, 3.8) is 0 Å². The van der Waals surface area contributed by atoms with Gasteiger partial charge in [0.25, 0.3) is 5.91 Å². The Balaban J connectivity index is 1.70. The van der Waals surface area contributed by atoms with Gasteiger partial charge in [0.15, 0.2) is 11.5 Å². The third-order valence-corrected chi connectivity index (χ3v) is 5.10. The van der Waals surface area contributed by atoms with E-state index in [2.05, 4.69) is 25.5 Å². The van der Waals surface area contributed by atoms with E-state index < -0.39 is 29.5 Å². The third-order valence-electron chi connectivity index (χ3n) is 5.10. The number of nitrogens with two attached hydrogens (primary N) is 1. The van der Waals surface area contributed by atoms with Gasteiger partial charge in [-0.05, 0) is 31.2 Å². The van der Waals surface area contributed by atoms with Gasteiger partial charge in [0.05, 0.1) is 13.2 Å². The first kappa shape index (κ1) is 23.9. The van der Waals surface area contributed by atoms with E-state index in [1.165, 1.54) is 30.1 Å². The van der Waals surface area contributed by atoms with E-state index in [1.807, 2.05) is 0 Å². The van der Waals surface area contributed by atoms with E-state index >= 15 is 0 Å². The summed E-state index contributed by atoms with van der Waals surface area (Å²) in [6, 6.07) is 4.34. The normalized spacial score (nSPS) is 12.6. The number of hydrogen-bond donors (Lipinski definition) is 3. The lowest BCUT2D eigenvalue weighted by atomic mass is 10.1. The molecule has 0 aliphatic carbocycles. The number of halogens is 3. The number of carbonyl (C=O) groups excluding carboxylic acids is 1.